The first-order valence-electron chi connectivity index (χ1n) is 12.0. The van der Waals surface area contributed by atoms with Crippen molar-refractivity contribution in [3.63, 3.8) is 0 Å². The third kappa shape index (κ3) is 4.49. The number of carbonyl (C=O) groups is 3. The predicted octanol–water partition coefficient (Wildman–Crippen LogP) is 4.16. The number of hydrogen-bond donors (Lipinski definition) is 2. The van der Waals surface area contributed by atoms with Crippen LogP contribution >= 0.6 is 0 Å². The molecule has 4 rings (SSSR count). The SMILES string of the molecule is CC#CCC(NC(=O)OCC1c2ccccc2-c2ccccc21)C(=O)N1CCCC1(CC)C(=O)O. The second-order valence-corrected chi connectivity index (χ2v) is 8.94. The molecule has 0 saturated carbocycles. The lowest BCUT2D eigenvalue weighted by atomic mass is 9.92. The predicted molar refractivity (Wildman–Crippen MR) is 132 cm³/mol. The zero-order valence-electron chi connectivity index (χ0n) is 20.0. The van der Waals surface area contributed by atoms with Crippen LogP contribution in [-0.4, -0.2) is 52.7 Å². The van der Waals surface area contributed by atoms with Crippen LogP contribution in [0, 0.1) is 11.8 Å². The van der Waals surface area contributed by atoms with Crippen molar-refractivity contribution < 1.29 is 24.2 Å². The Morgan fingerprint density at radius 2 is 1.77 bits per heavy atom. The zero-order chi connectivity index (χ0) is 25.0. The largest absolute Gasteiger partial charge is 0.479 e. The van der Waals surface area contributed by atoms with Crippen LogP contribution in [0.3, 0.4) is 0 Å². The Morgan fingerprint density at radius 3 is 2.34 bits per heavy atom. The molecule has 182 valence electrons. The van der Waals surface area contributed by atoms with Gasteiger partial charge in [-0.1, -0.05) is 55.5 Å². The number of likely N-dealkylation sites (tertiary alicyclic amines) is 1. The van der Waals surface area contributed by atoms with Gasteiger partial charge < -0.3 is 20.1 Å². The topological polar surface area (TPSA) is 95.9 Å². The molecule has 2 atom stereocenters. The summed E-state index contributed by atoms with van der Waals surface area (Å²) in [6, 6.07) is 15.1. The van der Waals surface area contributed by atoms with Gasteiger partial charge >= 0.3 is 12.1 Å². The minimum atomic E-state index is -1.25. The van der Waals surface area contributed by atoms with E-state index in [1.54, 1.807) is 13.8 Å². The molecule has 1 aliphatic carbocycles. The van der Waals surface area contributed by atoms with Gasteiger partial charge in [0.1, 0.15) is 18.2 Å². The molecule has 2 amide bonds. The molecule has 0 aromatic heterocycles. The molecule has 0 radical (unpaired) electrons. The van der Waals surface area contributed by atoms with E-state index in [0.29, 0.717) is 25.8 Å². The second kappa shape index (κ2) is 10.2. The number of carboxylic acids is 1. The van der Waals surface area contributed by atoms with Crippen LogP contribution in [0.2, 0.25) is 0 Å². The highest BCUT2D eigenvalue weighted by Gasteiger charge is 2.50. The van der Waals surface area contributed by atoms with E-state index in [9.17, 15) is 19.5 Å². The van der Waals surface area contributed by atoms with Gasteiger partial charge in [-0.05, 0) is 48.4 Å². The lowest BCUT2D eigenvalue weighted by Crippen LogP contribution is -2.58. The normalized spacial score (nSPS) is 19.2. The first-order chi connectivity index (χ1) is 16.9. The van der Waals surface area contributed by atoms with E-state index in [-0.39, 0.29) is 18.9 Å². The van der Waals surface area contributed by atoms with Gasteiger partial charge in [-0.2, -0.15) is 0 Å². The van der Waals surface area contributed by atoms with Gasteiger partial charge in [-0.15, -0.1) is 11.8 Å². The number of nitrogens with zero attached hydrogens (tertiary/aromatic N) is 1. The molecule has 2 unspecified atom stereocenters. The highest BCUT2D eigenvalue weighted by molar-refractivity contribution is 5.92. The number of benzene rings is 2. The lowest BCUT2D eigenvalue weighted by Gasteiger charge is -2.36. The number of aliphatic carboxylic acids is 1. The molecule has 1 aliphatic heterocycles. The molecule has 7 heteroatoms. The number of carboxylic acid groups (broad SMARTS) is 1. The summed E-state index contributed by atoms with van der Waals surface area (Å²) >= 11 is 0. The molecule has 0 spiro atoms. The maximum atomic E-state index is 13.4. The fourth-order valence-corrected chi connectivity index (χ4v) is 5.32. The quantitative estimate of drug-likeness (QED) is 0.588. The van der Waals surface area contributed by atoms with E-state index in [1.807, 2.05) is 36.4 Å². The fraction of sp³-hybridized carbons (Fsp3) is 0.393. The number of rotatable bonds is 7. The van der Waals surface area contributed by atoms with Gasteiger partial charge in [0.2, 0.25) is 5.91 Å². The number of ether oxygens (including phenoxy) is 1. The zero-order valence-corrected chi connectivity index (χ0v) is 20.0. The van der Waals surface area contributed by atoms with Gasteiger partial charge in [0.25, 0.3) is 0 Å². The van der Waals surface area contributed by atoms with E-state index in [2.05, 4.69) is 29.3 Å². The summed E-state index contributed by atoms with van der Waals surface area (Å²) in [5, 5.41) is 12.5. The number of carbonyl (C=O) groups excluding carboxylic acids is 2. The van der Waals surface area contributed by atoms with Gasteiger partial charge in [-0.3, -0.25) is 4.79 Å². The highest BCUT2D eigenvalue weighted by Crippen LogP contribution is 2.44. The highest BCUT2D eigenvalue weighted by atomic mass is 16.5. The molecule has 2 aromatic rings. The molecule has 1 fully saturated rings. The number of alkyl carbamates (subject to hydrolysis) is 1. The smallest absolute Gasteiger partial charge is 0.407 e. The molecule has 2 aromatic carbocycles. The standard InChI is InChI=1S/C28H30N2O5/c1-3-5-15-24(25(31)30-17-10-16-28(30,4-2)26(32)33)29-27(34)35-18-23-21-13-8-6-11-19(21)20-12-7-9-14-22(20)23/h6-9,11-14,23-24H,4,10,15-18H2,1-2H3,(H,29,34)(H,32,33). The summed E-state index contributed by atoms with van der Waals surface area (Å²) in [7, 11) is 0. The van der Waals surface area contributed by atoms with Crippen molar-refractivity contribution in [2.75, 3.05) is 13.2 Å². The third-order valence-electron chi connectivity index (χ3n) is 7.15. The molecule has 0 bridgehead atoms. The molecular weight excluding hydrogens is 444 g/mol. The Labute approximate surface area is 205 Å². The van der Waals surface area contributed by atoms with Crippen molar-refractivity contribution in [1.82, 2.24) is 10.2 Å². The Kier molecular flexibility index (Phi) is 7.11. The summed E-state index contributed by atoms with van der Waals surface area (Å²) in [5.41, 5.74) is 3.19. The number of nitrogens with one attached hydrogen (secondary N) is 1. The van der Waals surface area contributed by atoms with Gasteiger partial charge in [0.15, 0.2) is 0 Å². The van der Waals surface area contributed by atoms with Gasteiger partial charge in [0.05, 0.1) is 0 Å². The third-order valence-corrected chi connectivity index (χ3v) is 7.15. The molecule has 35 heavy (non-hydrogen) atoms. The average molecular weight is 475 g/mol. The van der Waals surface area contributed by atoms with Crippen molar-refractivity contribution in [3.05, 3.63) is 59.7 Å². The van der Waals surface area contributed by atoms with Crippen LogP contribution < -0.4 is 5.32 Å². The Bertz CT molecular complexity index is 1150. The van der Waals surface area contributed by atoms with Crippen molar-refractivity contribution in [2.45, 2.75) is 57.0 Å². The number of hydrogen-bond acceptors (Lipinski definition) is 4. The minimum absolute atomic E-state index is 0.0788. The van der Waals surface area contributed by atoms with Crippen LogP contribution in [0.25, 0.3) is 11.1 Å². The molecule has 1 saturated heterocycles. The van der Waals surface area contributed by atoms with E-state index in [0.717, 1.165) is 22.3 Å². The summed E-state index contributed by atoms with van der Waals surface area (Å²) in [6.07, 6.45) is 0.644. The van der Waals surface area contributed by atoms with Crippen LogP contribution in [-0.2, 0) is 14.3 Å². The van der Waals surface area contributed by atoms with Crippen molar-refractivity contribution >= 4 is 18.0 Å². The number of amides is 2. The van der Waals surface area contributed by atoms with Crippen LogP contribution in [0.5, 0.6) is 0 Å². The number of fused-ring (bicyclic) bond motifs is 3. The summed E-state index contributed by atoms with van der Waals surface area (Å²) in [6.45, 7) is 3.87. The monoisotopic (exact) mass is 474 g/mol. The first-order valence-corrected chi connectivity index (χ1v) is 12.0. The lowest BCUT2D eigenvalue weighted by molar-refractivity contribution is -0.157. The maximum Gasteiger partial charge on any atom is 0.407 e. The second-order valence-electron chi connectivity index (χ2n) is 8.94. The summed E-state index contributed by atoms with van der Waals surface area (Å²) in [4.78, 5) is 39.6. The van der Waals surface area contributed by atoms with Crippen molar-refractivity contribution in [1.29, 1.82) is 0 Å². The van der Waals surface area contributed by atoms with E-state index in [4.69, 9.17) is 4.74 Å². The maximum absolute atomic E-state index is 13.4. The molecule has 7 nitrogen and oxygen atoms in total. The molecule has 2 N–H and O–H groups in total. The van der Waals surface area contributed by atoms with Crippen molar-refractivity contribution in [3.8, 4) is 23.0 Å². The van der Waals surface area contributed by atoms with Gasteiger partial charge in [-0.25, -0.2) is 9.59 Å². The Morgan fingerprint density at radius 1 is 1.14 bits per heavy atom. The van der Waals surface area contributed by atoms with Crippen LogP contribution in [0.1, 0.15) is 56.6 Å². The van der Waals surface area contributed by atoms with E-state index < -0.39 is 29.6 Å². The fourth-order valence-electron chi connectivity index (χ4n) is 5.32. The van der Waals surface area contributed by atoms with Crippen LogP contribution in [0.4, 0.5) is 4.79 Å². The van der Waals surface area contributed by atoms with E-state index in [1.165, 1.54) is 4.90 Å². The Balaban J connectivity index is 1.48. The van der Waals surface area contributed by atoms with Crippen molar-refractivity contribution in [2.24, 2.45) is 0 Å². The van der Waals surface area contributed by atoms with Gasteiger partial charge in [0, 0.05) is 18.9 Å². The van der Waals surface area contributed by atoms with E-state index >= 15 is 0 Å². The molecule has 2 aliphatic rings. The molecular formula is C28H30N2O5. The first kappa shape index (κ1) is 24.3. The minimum Gasteiger partial charge on any atom is -0.479 e. The molecule has 1 heterocycles. The Hall–Kier alpha value is -3.79. The van der Waals surface area contributed by atoms with Crippen LogP contribution in [0.15, 0.2) is 48.5 Å². The summed E-state index contributed by atoms with van der Waals surface area (Å²) < 4.78 is 5.60. The summed E-state index contributed by atoms with van der Waals surface area (Å²) in [5.74, 6) is 4.02. The average Bonchev–Trinajstić information content (AvgIpc) is 3.45.